The minimum Gasteiger partial charge on any atom is -0.383 e. The Labute approximate surface area is 244 Å². The van der Waals surface area contributed by atoms with E-state index < -0.39 is 0 Å². The Hall–Kier alpha value is -4.83. The molecule has 212 valence electrons. The summed E-state index contributed by atoms with van der Waals surface area (Å²) in [6, 6.07) is 17.1. The summed E-state index contributed by atoms with van der Waals surface area (Å²) < 4.78 is 3.83. The van der Waals surface area contributed by atoms with Gasteiger partial charge in [0.2, 0.25) is 5.91 Å². The maximum Gasteiger partial charge on any atom is 0.245 e. The van der Waals surface area contributed by atoms with Gasteiger partial charge in [-0.3, -0.25) is 14.3 Å². The van der Waals surface area contributed by atoms with Crippen molar-refractivity contribution >= 4 is 22.9 Å². The van der Waals surface area contributed by atoms with Gasteiger partial charge in [-0.2, -0.15) is 5.10 Å². The molecule has 2 aliphatic rings. The van der Waals surface area contributed by atoms with Crippen molar-refractivity contribution < 1.29 is 4.79 Å². The second-order valence-corrected chi connectivity index (χ2v) is 11.0. The Bertz CT molecular complexity index is 1780. The number of imidazole rings is 1. The van der Waals surface area contributed by atoms with Crippen molar-refractivity contribution in [1.29, 1.82) is 0 Å². The summed E-state index contributed by atoms with van der Waals surface area (Å²) >= 11 is 0. The monoisotopic (exact) mass is 559 g/mol. The molecule has 10 nitrogen and oxygen atoms in total. The number of carbonyl (C=O) groups is 1. The quantitative estimate of drug-likeness (QED) is 0.308. The number of pyridine rings is 2. The van der Waals surface area contributed by atoms with Crippen molar-refractivity contribution in [2.45, 2.75) is 37.8 Å². The number of likely N-dealkylation sites (tertiary alicyclic amines) is 1. The van der Waals surface area contributed by atoms with E-state index in [0.717, 1.165) is 61.2 Å². The topological polar surface area (TPSA) is 111 Å². The van der Waals surface area contributed by atoms with Gasteiger partial charge in [0.05, 0.1) is 5.56 Å². The van der Waals surface area contributed by atoms with E-state index in [2.05, 4.69) is 51.4 Å². The molecule has 5 aromatic rings. The van der Waals surface area contributed by atoms with Gasteiger partial charge in [0.25, 0.3) is 0 Å². The first kappa shape index (κ1) is 26.1. The molecule has 1 aliphatic carbocycles. The molecular weight excluding hydrogens is 526 g/mol. The van der Waals surface area contributed by atoms with Gasteiger partial charge in [0.1, 0.15) is 11.3 Å². The fraction of sp³-hybridized carbons (Fsp3) is 0.281. The van der Waals surface area contributed by atoms with Crippen LogP contribution < -0.4 is 5.73 Å². The van der Waals surface area contributed by atoms with Crippen LogP contribution >= 0.6 is 0 Å². The van der Waals surface area contributed by atoms with E-state index >= 15 is 0 Å². The number of nitrogens with zero attached hydrogens (tertiary/aromatic N) is 8. The number of nitrogens with two attached hydrogens (primary N) is 1. The number of aryl methyl sites for hydroxylation is 1. The molecule has 1 atom stereocenters. The lowest BCUT2D eigenvalue weighted by Gasteiger charge is -2.39. The number of benzene rings is 1. The fourth-order valence-corrected chi connectivity index (χ4v) is 6.53. The molecule has 7 rings (SSSR count). The van der Waals surface area contributed by atoms with Crippen LogP contribution in [0.3, 0.4) is 0 Å². The zero-order valence-electron chi connectivity index (χ0n) is 23.6. The first-order valence-corrected chi connectivity index (χ1v) is 14.4. The molecule has 4 aromatic heterocycles. The third-order valence-electron chi connectivity index (χ3n) is 8.76. The van der Waals surface area contributed by atoms with E-state index in [1.165, 1.54) is 17.2 Å². The highest BCUT2D eigenvalue weighted by molar-refractivity contribution is 5.87. The van der Waals surface area contributed by atoms with Gasteiger partial charge in [-0.1, -0.05) is 12.6 Å². The number of carbonyl (C=O) groups excluding carboxylic acids is 1. The minimum atomic E-state index is 0.0283. The van der Waals surface area contributed by atoms with Crippen LogP contribution in [0.15, 0.2) is 79.8 Å². The Morgan fingerprint density at radius 1 is 1.07 bits per heavy atom. The summed E-state index contributed by atoms with van der Waals surface area (Å²) in [5.74, 6) is 1.86. The molecule has 0 spiro atoms. The lowest BCUT2D eigenvalue weighted by atomic mass is 9.99. The van der Waals surface area contributed by atoms with Gasteiger partial charge in [-0.15, -0.1) is 0 Å². The van der Waals surface area contributed by atoms with Gasteiger partial charge in [0.15, 0.2) is 17.3 Å². The number of fused-ring (bicyclic) bond motifs is 2. The molecule has 0 unspecified atom stereocenters. The van der Waals surface area contributed by atoms with E-state index in [9.17, 15) is 4.79 Å². The molecule has 0 radical (unpaired) electrons. The van der Waals surface area contributed by atoms with Crippen LogP contribution in [-0.4, -0.2) is 71.2 Å². The van der Waals surface area contributed by atoms with E-state index in [1.54, 1.807) is 17.1 Å². The predicted octanol–water partition coefficient (Wildman–Crippen LogP) is 4.35. The number of hydrogen-bond donors (Lipinski definition) is 1. The zero-order valence-corrected chi connectivity index (χ0v) is 23.6. The molecule has 1 aromatic carbocycles. The highest BCUT2D eigenvalue weighted by Gasteiger charge is 2.33. The van der Waals surface area contributed by atoms with Crippen molar-refractivity contribution in [3.05, 3.63) is 90.9 Å². The highest BCUT2D eigenvalue weighted by atomic mass is 16.2. The summed E-state index contributed by atoms with van der Waals surface area (Å²) in [4.78, 5) is 30.8. The van der Waals surface area contributed by atoms with E-state index in [1.807, 2.05) is 41.4 Å². The minimum absolute atomic E-state index is 0.0283. The maximum absolute atomic E-state index is 12.1. The zero-order chi connectivity index (χ0) is 28.8. The third kappa shape index (κ3) is 4.44. The summed E-state index contributed by atoms with van der Waals surface area (Å²) in [7, 11) is 2.23. The molecule has 1 amide bonds. The van der Waals surface area contributed by atoms with Crippen LogP contribution in [0.2, 0.25) is 0 Å². The predicted molar refractivity (Wildman–Crippen MR) is 162 cm³/mol. The standard InChI is InChI=1S/C32H33N9O/c1-3-29(42)39-18-13-22(14-19-39)38(2)27-11-7-21-20-23(8-9-24(21)27)41-31(25-6-4-15-34-30(25)33)36-26-10-12-28(37-32(26)41)40-17-5-16-35-40/h3-6,8-10,12,15-17,20,22,27H,1,7,11,13-14,18-19H2,2H3,(H2,33,34)/t27-/m0/s1. The van der Waals surface area contributed by atoms with Crippen LogP contribution in [0.5, 0.6) is 0 Å². The molecule has 0 bridgehead atoms. The van der Waals surface area contributed by atoms with Crippen LogP contribution in [0.4, 0.5) is 5.82 Å². The number of rotatable bonds is 6. The highest BCUT2D eigenvalue weighted by Crippen LogP contribution is 2.39. The molecule has 1 fully saturated rings. The molecule has 1 aliphatic heterocycles. The number of nitrogen functional groups attached to an aromatic ring is 1. The summed E-state index contributed by atoms with van der Waals surface area (Å²) in [6.07, 6.45) is 10.7. The van der Waals surface area contributed by atoms with Crippen LogP contribution in [0.1, 0.15) is 36.4 Å². The molecular formula is C32H33N9O. The van der Waals surface area contributed by atoms with Gasteiger partial charge < -0.3 is 10.6 Å². The number of piperidine rings is 1. The van der Waals surface area contributed by atoms with E-state index in [4.69, 9.17) is 15.7 Å². The lowest BCUT2D eigenvalue weighted by molar-refractivity contribution is -0.127. The SMILES string of the molecule is C=CC(=O)N1CCC(N(C)[C@H]2CCc3cc(-n4c(-c5cccnc5N)nc5ccc(-n6cccn6)nc54)ccc32)CC1. The number of anilines is 1. The largest absolute Gasteiger partial charge is 0.383 e. The Kier molecular flexibility index (Phi) is 6.54. The van der Waals surface area contributed by atoms with Crippen LogP contribution in [-0.2, 0) is 11.2 Å². The van der Waals surface area contributed by atoms with Crippen molar-refractivity contribution in [2.75, 3.05) is 25.9 Å². The lowest BCUT2D eigenvalue weighted by Crippen LogP contribution is -2.45. The van der Waals surface area contributed by atoms with Gasteiger partial charge in [-0.05, 0) is 92.4 Å². The molecule has 0 saturated carbocycles. The average molecular weight is 560 g/mol. The van der Waals surface area contributed by atoms with E-state index in [-0.39, 0.29) is 5.91 Å². The Balaban J connectivity index is 1.25. The van der Waals surface area contributed by atoms with Gasteiger partial charge in [0, 0.05) is 49.5 Å². The summed E-state index contributed by atoms with van der Waals surface area (Å²) in [5, 5.41) is 4.37. The van der Waals surface area contributed by atoms with Crippen molar-refractivity contribution in [3.8, 4) is 22.9 Å². The third-order valence-corrected chi connectivity index (χ3v) is 8.76. The summed E-state index contributed by atoms with van der Waals surface area (Å²) in [5.41, 5.74) is 12.3. The molecule has 2 N–H and O–H groups in total. The first-order valence-electron chi connectivity index (χ1n) is 14.4. The number of amides is 1. The van der Waals surface area contributed by atoms with Crippen molar-refractivity contribution in [1.82, 2.24) is 39.1 Å². The smallest absolute Gasteiger partial charge is 0.245 e. The Morgan fingerprint density at radius 3 is 2.69 bits per heavy atom. The van der Waals surface area contributed by atoms with Gasteiger partial charge >= 0.3 is 0 Å². The number of hydrogen-bond acceptors (Lipinski definition) is 7. The van der Waals surface area contributed by atoms with Crippen molar-refractivity contribution in [3.63, 3.8) is 0 Å². The van der Waals surface area contributed by atoms with E-state index in [0.29, 0.717) is 29.5 Å². The average Bonchev–Trinajstić information content (AvgIpc) is 3.79. The fourth-order valence-electron chi connectivity index (χ4n) is 6.53. The second-order valence-electron chi connectivity index (χ2n) is 11.0. The van der Waals surface area contributed by atoms with Crippen molar-refractivity contribution in [2.24, 2.45) is 0 Å². The molecule has 5 heterocycles. The van der Waals surface area contributed by atoms with Gasteiger partial charge in [-0.25, -0.2) is 19.6 Å². The summed E-state index contributed by atoms with van der Waals surface area (Å²) in [6.45, 7) is 5.19. The maximum atomic E-state index is 12.1. The molecule has 42 heavy (non-hydrogen) atoms. The first-order chi connectivity index (χ1) is 20.5. The Morgan fingerprint density at radius 2 is 1.93 bits per heavy atom. The number of aromatic nitrogens is 6. The normalized spacial score (nSPS) is 17.2. The van der Waals surface area contributed by atoms with Crippen LogP contribution in [0, 0.1) is 0 Å². The van der Waals surface area contributed by atoms with Crippen LogP contribution in [0.25, 0.3) is 34.1 Å². The molecule has 1 saturated heterocycles. The molecule has 10 heteroatoms. The second kappa shape index (κ2) is 10.5.